The summed E-state index contributed by atoms with van der Waals surface area (Å²) >= 11 is 0. The van der Waals surface area contributed by atoms with E-state index in [-0.39, 0.29) is 54.2 Å². The zero-order valence-electron chi connectivity index (χ0n) is 19.4. The molecule has 0 atom stereocenters. The molecule has 34 heavy (non-hydrogen) atoms. The van der Waals surface area contributed by atoms with Crippen LogP contribution in [0, 0.1) is 10.1 Å². The molecule has 0 spiro atoms. The van der Waals surface area contributed by atoms with Crippen LogP contribution in [0.1, 0.15) is 30.0 Å². The highest BCUT2D eigenvalue weighted by atomic mass is 16.6. The van der Waals surface area contributed by atoms with Crippen LogP contribution >= 0.6 is 0 Å². The Morgan fingerprint density at radius 2 is 1.91 bits per heavy atom. The number of carbonyl (C=O) groups excluding carboxylic acids is 1. The number of benzene rings is 2. The third kappa shape index (κ3) is 5.31. The van der Waals surface area contributed by atoms with Crippen LogP contribution in [0.3, 0.4) is 0 Å². The lowest BCUT2D eigenvalue weighted by atomic mass is 10.1. The molecule has 11 heteroatoms. The predicted octanol–water partition coefficient (Wildman–Crippen LogP) is 2.92. The number of nitro groups is 1. The molecule has 11 nitrogen and oxygen atoms in total. The summed E-state index contributed by atoms with van der Waals surface area (Å²) in [6, 6.07) is 8.95. The minimum Gasteiger partial charge on any atom is -0.493 e. The Morgan fingerprint density at radius 1 is 1.18 bits per heavy atom. The molecule has 1 N–H and O–H groups in total. The molecule has 0 fully saturated rings. The molecule has 0 saturated heterocycles. The first-order valence-corrected chi connectivity index (χ1v) is 10.5. The summed E-state index contributed by atoms with van der Waals surface area (Å²) in [7, 11) is 2.88. The Morgan fingerprint density at radius 3 is 2.56 bits per heavy atom. The normalized spacial score (nSPS) is 11.0. The predicted molar refractivity (Wildman–Crippen MR) is 124 cm³/mol. The lowest BCUT2D eigenvalue weighted by Crippen LogP contribution is -2.37. The third-order valence-electron chi connectivity index (χ3n) is 5.12. The molecular weight excluding hydrogens is 444 g/mol. The number of aromatic nitrogens is 2. The van der Waals surface area contributed by atoms with Gasteiger partial charge in [-0.25, -0.2) is 4.98 Å². The van der Waals surface area contributed by atoms with E-state index in [9.17, 15) is 19.7 Å². The quantitative estimate of drug-likeness (QED) is 0.271. The molecular formula is C23H26N4O7. The molecule has 2 aromatic carbocycles. The van der Waals surface area contributed by atoms with Gasteiger partial charge in [-0.1, -0.05) is 12.1 Å². The number of amides is 1. The summed E-state index contributed by atoms with van der Waals surface area (Å²) in [6.45, 7) is 3.90. The number of rotatable bonds is 10. The fourth-order valence-corrected chi connectivity index (χ4v) is 3.39. The Hall–Kier alpha value is -3.99. The van der Waals surface area contributed by atoms with Crippen LogP contribution in [0.15, 0.2) is 41.2 Å². The summed E-state index contributed by atoms with van der Waals surface area (Å²) in [4.78, 5) is 45.6. The van der Waals surface area contributed by atoms with E-state index in [4.69, 9.17) is 14.2 Å². The van der Waals surface area contributed by atoms with E-state index in [0.717, 1.165) is 6.07 Å². The van der Waals surface area contributed by atoms with Crippen LogP contribution in [0.25, 0.3) is 10.9 Å². The largest absolute Gasteiger partial charge is 0.493 e. The molecule has 3 aromatic rings. The van der Waals surface area contributed by atoms with Crippen LogP contribution in [0.4, 0.5) is 5.69 Å². The van der Waals surface area contributed by atoms with Crippen molar-refractivity contribution in [2.24, 2.45) is 0 Å². The summed E-state index contributed by atoms with van der Waals surface area (Å²) in [5.74, 6) is -0.0513. The highest BCUT2D eigenvalue weighted by molar-refractivity contribution is 5.99. The van der Waals surface area contributed by atoms with Gasteiger partial charge in [0.2, 0.25) is 0 Å². The number of H-pyrrole nitrogens is 1. The third-order valence-corrected chi connectivity index (χ3v) is 5.12. The average molecular weight is 470 g/mol. The number of nitro benzene ring substituents is 1. The lowest BCUT2D eigenvalue weighted by molar-refractivity contribution is -0.385. The van der Waals surface area contributed by atoms with E-state index in [1.807, 2.05) is 0 Å². The van der Waals surface area contributed by atoms with E-state index in [1.165, 1.54) is 25.2 Å². The summed E-state index contributed by atoms with van der Waals surface area (Å²) < 4.78 is 15.8. The Labute approximate surface area is 195 Å². The van der Waals surface area contributed by atoms with E-state index < -0.39 is 16.5 Å². The van der Waals surface area contributed by atoms with Crippen molar-refractivity contribution in [1.29, 1.82) is 0 Å². The minimum absolute atomic E-state index is 0.0534. The first-order valence-electron chi connectivity index (χ1n) is 10.5. The van der Waals surface area contributed by atoms with Crippen molar-refractivity contribution >= 4 is 22.5 Å². The van der Waals surface area contributed by atoms with Crippen molar-refractivity contribution in [3.8, 4) is 11.5 Å². The van der Waals surface area contributed by atoms with E-state index in [0.29, 0.717) is 10.9 Å². The molecule has 0 bridgehead atoms. The monoisotopic (exact) mass is 470 g/mol. The van der Waals surface area contributed by atoms with Gasteiger partial charge in [0.05, 0.1) is 42.2 Å². The van der Waals surface area contributed by atoms with Gasteiger partial charge in [-0.2, -0.15) is 0 Å². The number of para-hydroxylation sites is 1. The summed E-state index contributed by atoms with van der Waals surface area (Å²) in [6.07, 6.45) is 0. The Kier molecular flexibility index (Phi) is 7.79. The van der Waals surface area contributed by atoms with Crippen molar-refractivity contribution in [2.75, 3.05) is 27.4 Å². The van der Waals surface area contributed by atoms with Crippen molar-refractivity contribution in [3.05, 3.63) is 68.3 Å². The number of ether oxygens (including phenoxy) is 3. The highest BCUT2D eigenvalue weighted by Crippen LogP contribution is 2.35. The van der Waals surface area contributed by atoms with Crippen LogP contribution in [-0.4, -0.2) is 59.2 Å². The molecule has 1 amide bonds. The lowest BCUT2D eigenvalue weighted by Gasteiger charge is -2.26. The second-order valence-electron chi connectivity index (χ2n) is 7.68. The SMILES string of the molecule is COCCOc1cc([N+](=O)[O-])c(C(=O)N(Cc2nc3ccccc3c(=O)[nH]2)C(C)C)cc1OC. The molecule has 0 saturated carbocycles. The van der Waals surface area contributed by atoms with Crippen molar-refractivity contribution in [2.45, 2.75) is 26.4 Å². The van der Waals surface area contributed by atoms with E-state index in [2.05, 4.69) is 9.97 Å². The van der Waals surface area contributed by atoms with Gasteiger partial charge in [0.1, 0.15) is 18.0 Å². The summed E-state index contributed by atoms with van der Waals surface area (Å²) in [5, 5.41) is 12.2. The molecule has 0 aliphatic rings. The molecule has 0 aliphatic heterocycles. The van der Waals surface area contributed by atoms with Crippen LogP contribution in [0.5, 0.6) is 11.5 Å². The standard InChI is InChI=1S/C23H26N4O7/c1-14(2)26(13-21-24-17-8-6-5-7-15(17)22(28)25-21)23(29)16-11-19(33-4)20(34-10-9-32-3)12-18(16)27(30)31/h5-8,11-12,14H,9-10,13H2,1-4H3,(H,24,25,28). The fraction of sp³-hybridized carbons (Fsp3) is 0.348. The molecule has 0 unspecified atom stereocenters. The number of nitrogens with zero attached hydrogens (tertiary/aromatic N) is 3. The maximum atomic E-state index is 13.5. The van der Waals surface area contributed by atoms with Gasteiger partial charge in [-0.3, -0.25) is 19.7 Å². The number of hydrogen-bond donors (Lipinski definition) is 1. The number of methoxy groups -OCH3 is 2. The smallest absolute Gasteiger partial charge is 0.286 e. The Bertz CT molecular complexity index is 1260. The van der Waals surface area contributed by atoms with Gasteiger partial charge < -0.3 is 24.1 Å². The first-order chi connectivity index (χ1) is 16.3. The van der Waals surface area contributed by atoms with Gasteiger partial charge in [0, 0.05) is 19.2 Å². The Balaban J connectivity index is 2.00. The molecule has 1 heterocycles. The minimum atomic E-state index is -0.648. The topological polar surface area (TPSA) is 137 Å². The van der Waals surface area contributed by atoms with Crippen molar-refractivity contribution < 1.29 is 23.9 Å². The zero-order chi connectivity index (χ0) is 24.8. The average Bonchev–Trinajstić information content (AvgIpc) is 2.81. The fourth-order valence-electron chi connectivity index (χ4n) is 3.39. The second kappa shape index (κ2) is 10.8. The molecule has 1 aromatic heterocycles. The van der Waals surface area contributed by atoms with E-state index >= 15 is 0 Å². The van der Waals surface area contributed by atoms with Crippen LogP contribution in [0.2, 0.25) is 0 Å². The number of aromatic amines is 1. The van der Waals surface area contributed by atoms with Gasteiger partial charge in [-0.15, -0.1) is 0 Å². The maximum Gasteiger partial charge on any atom is 0.286 e. The highest BCUT2D eigenvalue weighted by Gasteiger charge is 2.30. The van der Waals surface area contributed by atoms with Crippen molar-refractivity contribution in [3.63, 3.8) is 0 Å². The van der Waals surface area contributed by atoms with Crippen LogP contribution < -0.4 is 15.0 Å². The van der Waals surface area contributed by atoms with E-state index in [1.54, 1.807) is 38.1 Å². The van der Waals surface area contributed by atoms with Crippen molar-refractivity contribution in [1.82, 2.24) is 14.9 Å². The molecule has 3 rings (SSSR count). The number of nitrogens with one attached hydrogen (secondary N) is 1. The number of hydrogen-bond acceptors (Lipinski definition) is 8. The summed E-state index contributed by atoms with van der Waals surface area (Å²) in [5.41, 5.74) is -0.439. The molecule has 0 radical (unpaired) electrons. The van der Waals surface area contributed by atoms with Gasteiger partial charge in [0.15, 0.2) is 11.5 Å². The number of carbonyl (C=O) groups is 1. The number of fused-ring (bicyclic) bond motifs is 1. The molecule has 0 aliphatic carbocycles. The first kappa shape index (κ1) is 24.6. The maximum absolute atomic E-state index is 13.5. The van der Waals surface area contributed by atoms with Gasteiger partial charge in [0.25, 0.3) is 17.2 Å². The van der Waals surface area contributed by atoms with Gasteiger partial charge in [-0.05, 0) is 26.0 Å². The second-order valence-corrected chi connectivity index (χ2v) is 7.68. The molecule has 180 valence electrons. The van der Waals surface area contributed by atoms with Crippen LogP contribution in [-0.2, 0) is 11.3 Å². The zero-order valence-corrected chi connectivity index (χ0v) is 19.4. The van der Waals surface area contributed by atoms with Gasteiger partial charge >= 0.3 is 0 Å².